The first-order valence-electron chi connectivity index (χ1n) is 8.24. The van der Waals surface area contributed by atoms with Crippen molar-refractivity contribution >= 4 is 5.91 Å². The van der Waals surface area contributed by atoms with Crippen molar-refractivity contribution in [3.63, 3.8) is 0 Å². The molecule has 4 nitrogen and oxygen atoms in total. The third kappa shape index (κ3) is 5.30. The molecule has 0 spiro atoms. The number of benzene rings is 2. The van der Waals surface area contributed by atoms with E-state index in [0.717, 1.165) is 17.7 Å². The third-order valence-corrected chi connectivity index (χ3v) is 4.08. The summed E-state index contributed by atoms with van der Waals surface area (Å²) in [6.45, 7) is 4.85. The molecule has 0 radical (unpaired) electrons. The molecule has 24 heavy (non-hydrogen) atoms. The summed E-state index contributed by atoms with van der Waals surface area (Å²) in [6, 6.07) is 15.5. The van der Waals surface area contributed by atoms with Gasteiger partial charge in [-0.3, -0.25) is 4.79 Å². The van der Waals surface area contributed by atoms with Gasteiger partial charge in [0.1, 0.15) is 11.5 Å². The fourth-order valence-corrected chi connectivity index (χ4v) is 2.27. The summed E-state index contributed by atoms with van der Waals surface area (Å²) in [6.07, 6.45) is 1.11. The minimum atomic E-state index is -0.142. The van der Waals surface area contributed by atoms with Gasteiger partial charge in [0.25, 0.3) is 5.91 Å². The molecule has 4 heteroatoms. The van der Waals surface area contributed by atoms with E-state index in [1.54, 1.807) is 7.11 Å². The highest BCUT2D eigenvalue weighted by Crippen LogP contribution is 2.21. The van der Waals surface area contributed by atoms with Crippen LogP contribution in [0.15, 0.2) is 48.5 Å². The summed E-state index contributed by atoms with van der Waals surface area (Å²) < 4.78 is 10.6. The molecule has 0 heterocycles. The maximum Gasteiger partial charge on any atom is 0.258 e. The Kier molecular flexibility index (Phi) is 6.67. The quantitative estimate of drug-likeness (QED) is 0.800. The Bertz CT molecular complexity index is 635. The van der Waals surface area contributed by atoms with Crippen molar-refractivity contribution in [3.8, 4) is 11.5 Å². The van der Waals surface area contributed by atoms with Crippen LogP contribution in [-0.4, -0.2) is 19.6 Å². The highest BCUT2D eigenvalue weighted by molar-refractivity contribution is 5.77. The summed E-state index contributed by atoms with van der Waals surface area (Å²) in [5.41, 5.74) is 2.30. The fourth-order valence-electron chi connectivity index (χ4n) is 2.27. The maximum absolute atomic E-state index is 11.9. The van der Waals surface area contributed by atoms with E-state index in [-0.39, 0.29) is 12.5 Å². The Labute approximate surface area is 143 Å². The van der Waals surface area contributed by atoms with Crippen LogP contribution in [0.5, 0.6) is 11.5 Å². The Morgan fingerprint density at radius 1 is 1.04 bits per heavy atom. The Balaban J connectivity index is 1.76. The number of carbonyl (C=O) groups excluding carboxylic acids is 1. The number of nitrogens with one attached hydrogen (secondary N) is 1. The van der Waals surface area contributed by atoms with Crippen molar-refractivity contribution in [2.75, 3.05) is 13.7 Å². The molecule has 1 N–H and O–H groups in total. The third-order valence-electron chi connectivity index (χ3n) is 4.08. The van der Waals surface area contributed by atoms with E-state index in [4.69, 9.17) is 9.47 Å². The zero-order valence-corrected chi connectivity index (χ0v) is 14.5. The molecular weight excluding hydrogens is 302 g/mol. The molecule has 2 rings (SSSR count). The molecule has 1 atom stereocenters. The van der Waals surface area contributed by atoms with Crippen molar-refractivity contribution in [2.45, 2.75) is 32.7 Å². The fraction of sp³-hybridized carbons (Fsp3) is 0.350. The van der Waals surface area contributed by atoms with Gasteiger partial charge in [0, 0.05) is 6.54 Å². The van der Waals surface area contributed by atoms with Crippen LogP contribution >= 0.6 is 0 Å². The van der Waals surface area contributed by atoms with Gasteiger partial charge < -0.3 is 14.8 Å². The second-order valence-corrected chi connectivity index (χ2v) is 5.79. The van der Waals surface area contributed by atoms with E-state index in [2.05, 4.69) is 31.3 Å². The van der Waals surface area contributed by atoms with Crippen LogP contribution in [0, 0.1) is 0 Å². The van der Waals surface area contributed by atoms with Gasteiger partial charge in [0.2, 0.25) is 0 Å². The van der Waals surface area contributed by atoms with E-state index in [1.165, 1.54) is 5.56 Å². The predicted molar refractivity (Wildman–Crippen MR) is 95.5 cm³/mol. The van der Waals surface area contributed by atoms with Crippen LogP contribution in [0.3, 0.4) is 0 Å². The van der Waals surface area contributed by atoms with Crippen molar-refractivity contribution in [2.24, 2.45) is 0 Å². The molecule has 2 aromatic rings. The van der Waals surface area contributed by atoms with E-state index in [0.29, 0.717) is 18.2 Å². The summed E-state index contributed by atoms with van der Waals surface area (Å²) >= 11 is 0. The van der Waals surface area contributed by atoms with Gasteiger partial charge in [0.15, 0.2) is 6.61 Å². The number of hydrogen-bond acceptors (Lipinski definition) is 3. The Hall–Kier alpha value is -2.49. The van der Waals surface area contributed by atoms with Gasteiger partial charge in [-0.2, -0.15) is 0 Å². The van der Waals surface area contributed by atoms with E-state index in [9.17, 15) is 4.79 Å². The molecular formula is C20H25NO3. The van der Waals surface area contributed by atoms with Gasteiger partial charge in [0.05, 0.1) is 7.11 Å². The Morgan fingerprint density at radius 3 is 2.25 bits per heavy atom. The first kappa shape index (κ1) is 17.9. The molecule has 0 bridgehead atoms. The summed E-state index contributed by atoms with van der Waals surface area (Å²) in [4.78, 5) is 11.9. The average Bonchev–Trinajstić information content (AvgIpc) is 2.64. The normalized spacial score (nSPS) is 11.6. The lowest BCUT2D eigenvalue weighted by molar-refractivity contribution is -0.123. The second-order valence-electron chi connectivity index (χ2n) is 5.79. The average molecular weight is 327 g/mol. The first-order chi connectivity index (χ1) is 11.6. The summed E-state index contributed by atoms with van der Waals surface area (Å²) in [7, 11) is 1.63. The number of hydrogen-bond donors (Lipinski definition) is 1. The molecule has 0 fully saturated rings. The molecule has 0 aliphatic carbocycles. The van der Waals surface area contributed by atoms with E-state index >= 15 is 0 Å². The standard InChI is InChI=1S/C20H25NO3/c1-4-15(2)17-7-11-19(12-8-17)24-14-20(22)21-13-16-5-9-18(23-3)10-6-16/h5-12,15H,4,13-14H2,1-3H3,(H,21,22)/t15-/m0/s1. The van der Waals surface area contributed by atoms with Crippen molar-refractivity contribution in [3.05, 3.63) is 59.7 Å². The van der Waals surface area contributed by atoms with Crippen LogP contribution in [0.2, 0.25) is 0 Å². The van der Waals surface area contributed by atoms with Crippen molar-refractivity contribution in [1.82, 2.24) is 5.32 Å². The molecule has 0 aliphatic heterocycles. The van der Waals surface area contributed by atoms with Gasteiger partial charge in [-0.05, 0) is 47.7 Å². The van der Waals surface area contributed by atoms with Crippen molar-refractivity contribution in [1.29, 1.82) is 0 Å². The largest absolute Gasteiger partial charge is 0.497 e. The molecule has 0 saturated carbocycles. The van der Waals surface area contributed by atoms with Crippen LogP contribution in [0.1, 0.15) is 37.3 Å². The zero-order valence-electron chi connectivity index (χ0n) is 14.5. The highest BCUT2D eigenvalue weighted by atomic mass is 16.5. The van der Waals surface area contributed by atoms with Gasteiger partial charge in [-0.15, -0.1) is 0 Å². The molecule has 0 unspecified atom stereocenters. The Morgan fingerprint density at radius 2 is 1.67 bits per heavy atom. The number of carbonyl (C=O) groups is 1. The lowest BCUT2D eigenvalue weighted by atomic mass is 9.99. The molecule has 0 aliphatic rings. The van der Waals surface area contributed by atoms with Crippen LogP contribution in [-0.2, 0) is 11.3 Å². The van der Waals surface area contributed by atoms with Crippen LogP contribution in [0.25, 0.3) is 0 Å². The van der Waals surface area contributed by atoms with Gasteiger partial charge >= 0.3 is 0 Å². The van der Waals surface area contributed by atoms with Crippen molar-refractivity contribution < 1.29 is 14.3 Å². The molecule has 1 amide bonds. The number of ether oxygens (including phenoxy) is 2. The van der Waals surface area contributed by atoms with Gasteiger partial charge in [-0.1, -0.05) is 38.1 Å². The number of amides is 1. The minimum Gasteiger partial charge on any atom is -0.497 e. The smallest absolute Gasteiger partial charge is 0.258 e. The zero-order chi connectivity index (χ0) is 17.4. The van der Waals surface area contributed by atoms with Crippen LogP contribution in [0.4, 0.5) is 0 Å². The SMILES string of the molecule is CC[C@H](C)c1ccc(OCC(=O)NCc2ccc(OC)cc2)cc1. The van der Waals surface area contributed by atoms with Gasteiger partial charge in [-0.25, -0.2) is 0 Å². The maximum atomic E-state index is 11.9. The number of methoxy groups -OCH3 is 1. The monoisotopic (exact) mass is 327 g/mol. The lowest BCUT2D eigenvalue weighted by Gasteiger charge is -2.11. The predicted octanol–water partition coefficient (Wildman–Crippen LogP) is 3.90. The lowest BCUT2D eigenvalue weighted by Crippen LogP contribution is -2.28. The molecule has 0 saturated heterocycles. The van der Waals surface area contributed by atoms with E-state index < -0.39 is 0 Å². The van der Waals surface area contributed by atoms with Crippen LogP contribution < -0.4 is 14.8 Å². The molecule has 2 aromatic carbocycles. The summed E-state index contributed by atoms with van der Waals surface area (Å²) in [5, 5.41) is 2.84. The first-order valence-corrected chi connectivity index (χ1v) is 8.24. The second kappa shape index (κ2) is 8.96. The molecule has 0 aromatic heterocycles. The molecule has 128 valence electrons. The highest BCUT2D eigenvalue weighted by Gasteiger charge is 2.05. The minimum absolute atomic E-state index is 0.0127. The summed E-state index contributed by atoms with van der Waals surface area (Å²) in [5.74, 6) is 1.90. The number of rotatable bonds is 8. The van der Waals surface area contributed by atoms with E-state index in [1.807, 2.05) is 36.4 Å². The topological polar surface area (TPSA) is 47.6 Å².